The number of halogens is 2. The number of fused-ring (bicyclic) bond motifs is 4. The highest BCUT2D eigenvalue weighted by molar-refractivity contribution is 8.07. The SMILES string of the molecule is CNN(c1ncnc(N)c1N)[C@@H]1O[C@@H]2COP(O)(=S)O[C@@H]3[C@@H](F)[C@@H](COP(O)(=S)O[C@H]2[C@@H]1F)O[C@H]3n1nnc2c(=O)[nH]c(N)nc21. The number of alkyl halides is 2. The maximum Gasteiger partial charge on any atom is 0.325 e. The number of anilines is 4. The third-order valence-electron chi connectivity index (χ3n) is 7.06. The predicted molar refractivity (Wildman–Crippen MR) is 160 cm³/mol. The number of nitrogens with zero attached hydrogens (tertiary/aromatic N) is 7. The zero-order valence-electron chi connectivity index (χ0n) is 23.2. The molecule has 6 heterocycles. The molecule has 2 unspecified atom stereocenters. The maximum atomic E-state index is 16.1. The molecule has 6 rings (SSSR count). The molecule has 46 heavy (non-hydrogen) atoms. The summed E-state index contributed by atoms with van der Waals surface area (Å²) in [5.41, 5.74) is 18.8. The Bertz CT molecular complexity index is 1790. The summed E-state index contributed by atoms with van der Waals surface area (Å²) < 4.78 is 66.3. The monoisotopic (exact) mass is 730 g/mol. The van der Waals surface area contributed by atoms with E-state index < -0.39 is 81.4 Å². The normalized spacial score (nSPS) is 36.9. The fraction of sp³-hybridized carbons (Fsp3) is 0.579. The van der Waals surface area contributed by atoms with Crippen LogP contribution in [0.15, 0.2) is 11.1 Å². The number of nitrogen functional groups attached to an aromatic ring is 3. The van der Waals surface area contributed by atoms with Gasteiger partial charge < -0.3 is 45.5 Å². The third kappa shape index (κ3) is 6.19. The van der Waals surface area contributed by atoms with Gasteiger partial charge >= 0.3 is 13.4 Å². The zero-order chi connectivity index (χ0) is 33.1. The summed E-state index contributed by atoms with van der Waals surface area (Å²) in [7, 11) is 1.41. The van der Waals surface area contributed by atoms with Gasteiger partial charge in [-0.05, 0) is 23.6 Å². The fourth-order valence-corrected chi connectivity index (χ4v) is 7.82. The van der Waals surface area contributed by atoms with Gasteiger partial charge in [-0.3, -0.25) is 23.8 Å². The van der Waals surface area contributed by atoms with Gasteiger partial charge in [0, 0.05) is 7.05 Å². The molecule has 3 aromatic rings. The summed E-state index contributed by atoms with van der Waals surface area (Å²) in [6.45, 7) is -10.2. The van der Waals surface area contributed by atoms with Gasteiger partial charge in [-0.25, -0.2) is 24.2 Å². The number of hydrazine groups is 1. The Morgan fingerprint density at radius 1 is 1.07 bits per heavy atom. The topological polar surface area (TPSA) is 291 Å². The Hall–Kier alpha value is -2.64. The molecular weight excluding hydrogens is 704 g/mol. The van der Waals surface area contributed by atoms with Crippen LogP contribution in [0.25, 0.3) is 11.2 Å². The molecule has 0 saturated carbocycles. The number of hydrogen-bond acceptors (Lipinski definition) is 19. The summed E-state index contributed by atoms with van der Waals surface area (Å²) in [6, 6.07) is 0. The molecule has 3 aromatic heterocycles. The maximum absolute atomic E-state index is 16.1. The van der Waals surface area contributed by atoms with Gasteiger partial charge in [0.05, 0.1) is 13.2 Å². The quantitative estimate of drug-likeness (QED) is 0.116. The molecule has 2 bridgehead atoms. The second-order valence-electron chi connectivity index (χ2n) is 9.93. The van der Waals surface area contributed by atoms with Crippen molar-refractivity contribution in [3.8, 4) is 0 Å². The van der Waals surface area contributed by atoms with Crippen LogP contribution in [0.4, 0.5) is 32.1 Å². The Morgan fingerprint density at radius 3 is 2.43 bits per heavy atom. The van der Waals surface area contributed by atoms with Crippen LogP contribution >= 0.6 is 13.4 Å². The van der Waals surface area contributed by atoms with Crippen molar-refractivity contribution in [2.45, 2.75) is 49.2 Å². The summed E-state index contributed by atoms with van der Waals surface area (Å²) in [6.07, 6.45) is -12.7. The van der Waals surface area contributed by atoms with E-state index in [2.05, 4.69) is 35.7 Å². The summed E-state index contributed by atoms with van der Waals surface area (Å²) in [5, 5.41) is 8.64. The van der Waals surface area contributed by atoms with E-state index in [0.29, 0.717) is 0 Å². The minimum absolute atomic E-state index is 0.0553. The van der Waals surface area contributed by atoms with E-state index in [4.69, 9.17) is 68.4 Å². The molecule has 3 aliphatic heterocycles. The largest absolute Gasteiger partial charge is 0.393 e. The third-order valence-corrected chi connectivity index (χ3v) is 10.2. The summed E-state index contributed by atoms with van der Waals surface area (Å²) >= 11 is 10.3. The Morgan fingerprint density at radius 2 is 1.74 bits per heavy atom. The van der Waals surface area contributed by atoms with Crippen LogP contribution in [-0.2, 0) is 51.2 Å². The molecule has 3 aliphatic rings. The van der Waals surface area contributed by atoms with E-state index in [0.717, 1.165) is 16.0 Å². The molecule has 3 fully saturated rings. The van der Waals surface area contributed by atoms with E-state index in [1.54, 1.807) is 0 Å². The lowest BCUT2D eigenvalue weighted by atomic mass is 10.1. The second-order valence-corrected chi connectivity index (χ2v) is 15.5. The average Bonchev–Trinajstić information content (AvgIpc) is 3.63. The molecule has 21 nitrogen and oxygen atoms in total. The number of aromatic nitrogens is 7. The van der Waals surface area contributed by atoms with Crippen LogP contribution in [0, 0.1) is 0 Å². The van der Waals surface area contributed by atoms with Crippen molar-refractivity contribution in [3.63, 3.8) is 0 Å². The molecule has 0 aliphatic carbocycles. The van der Waals surface area contributed by atoms with Crippen LogP contribution in [0.3, 0.4) is 0 Å². The molecule has 27 heteroatoms. The van der Waals surface area contributed by atoms with Gasteiger partial charge in [-0.2, -0.15) is 9.67 Å². The Balaban J connectivity index is 1.31. The number of ether oxygens (including phenoxy) is 2. The van der Waals surface area contributed by atoms with Crippen molar-refractivity contribution < 1.29 is 46.1 Å². The molecule has 252 valence electrons. The van der Waals surface area contributed by atoms with Gasteiger partial charge in [0.2, 0.25) is 5.95 Å². The first-order chi connectivity index (χ1) is 21.7. The van der Waals surface area contributed by atoms with Crippen LogP contribution in [0.1, 0.15) is 6.23 Å². The molecule has 0 radical (unpaired) electrons. The zero-order valence-corrected chi connectivity index (χ0v) is 26.6. The number of nitrogens with two attached hydrogens (primary N) is 3. The summed E-state index contributed by atoms with van der Waals surface area (Å²) in [4.78, 5) is 48.2. The molecule has 3 saturated heterocycles. The number of hydrogen-bond donors (Lipinski definition) is 7. The molecule has 0 aromatic carbocycles. The number of H-pyrrole nitrogens is 1. The van der Waals surface area contributed by atoms with E-state index >= 15 is 8.78 Å². The first-order valence-electron chi connectivity index (χ1n) is 13.0. The lowest BCUT2D eigenvalue weighted by Crippen LogP contribution is -2.49. The van der Waals surface area contributed by atoms with Crippen molar-refractivity contribution >= 4 is 71.5 Å². The lowest BCUT2D eigenvalue weighted by Gasteiger charge is -2.30. The average molecular weight is 731 g/mol. The lowest BCUT2D eigenvalue weighted by molar-refractivity contribution is -0.0608. The van der Waals surface area contributed by atoms with Gasteiger partial charge in [-0.15, -0.1) is 5.10 Å². The predicted octanol–water partition coefficient (Wildman–Crippen LogP) is -1.76. The van der Waals surface area contributed by atoms with Crippen LogP contribution < -0.4 is 33.2 Å². The van der Waals surface area contributed by atoms with Crippen LogP contribution in [0.5, 0.6) is 0 Å². The molecule has 10 atom stereocenters. The van der Waals surface area contributed by atoms with Crippen LogP contribution in [-0.4, -0.2) is 108 Å². The molecule has 10 N–H and O–H groups in total. The standard InChI is InChI=1S/C19H26F2N12O9P2S2/c1-25-32(14-9(22)13(23)26-4-27-14)17-8(21)11-6(40-17)3-38-44(36,46)42-12-7(20)5(2-37-43(35,45)41-11)39-18(12)33-15-10(30-31-33)16(34)29-19(24)28-15/h4-8,11-12,17-18,25H,2-3,22H2,1H3,(H,35,45)(H,36,46)(H2,23,26,27)(H3,24,28,29,34)/t5-,6-,7+,8+,11-,12-,17-,18-,43?,44?/m1/s1. The Labute approximate surface area is 266 Å². The van der Waals surface area contributed by atoms with E-state index in [-0.39, 0.29) is 34.4 Å². The smallest absolute Gasteiger partial charge is 0.325 e. The van der Waals surface area contributed by atoms with E-state index in [1.165, 1.54) is 7.05 Å². The van der Waals surface area contributed by atoms with Crippen molar-refractivity contribution in [1.82, 2.24) is 40.4 Å². The number of nitrogens with one attached hydrogen (secondary N) is 2. The highest BCUT2D eigenvalue weighted by atomic mass is 32.5. The van der Waals surface area contributed by atoms with Crippen molar-refractivity contribution in [2.75, 3.05) is 42.5 Å². The van der Waals surface area contributed by atoms with Gasteiger partial charge in [0.1, 0.15) is 36.4 Å². The number of rotatable bonds is 4. The van der Waals surface area contributed by atoms with Crippen molar-refractivity contribution in [1.29, 1.82) is 0 Å². The van der Waals surface area contributed by atoms with E-state index in [1.807, 2.05) is 0 Å². The minimum Gasteiger partial charge on any atom is -0.393 e. The van der Waals surface area contributed by atoms with E-state index in [9.17, 15) is 14.6 Å². The highest BCUT2D eigenvalue weighted by Gasteiger charge is 2.54. The molecular formula is C19H26F2N12O9P2S2. The van der Waals surface area contributed by atoms with Crippen LogP contribution in [0.2, 0.25) is 0 Å². The molecule has 0 spiro atoms. The summed E-state index contributed by atoms with van der Waals surface area (Å²) in [5.74, 6) is -0.452. The Kier molecular flexibility index (Phi) is 8.99. The van der Waals surface area contributed by atoms with Crippen molar-refractivity contribution in [3.05, 3.63) is 16.7 Å². The fourth-order valence-electron chi connectivity index (χ4n) is 4.98. The first-order valence-corrected chi connectivity index (χ1v) is 18.2. The number of aromatic amines is 1. The minimum atomic E-state index is -4.40. The van der Waals surface area contributed by atoms with Gasteiger partial charge in [-0.1, -0.05) is 5.21 Å². The van der Waals surface area contributed by atoms with Crippen molar-refractivity contribution in [2.24, 2.45) is 0 Å². The first kappa shape index (κ1) is 33.3. The second kappa shape index (κ2) is 12.4. The van der Waals surface area contributed by atoms with Gasteiger partial charge in [0.25, 0.3) is 5.56 Å². The molecule has 0 amide bonds. The van der Waals surface area contributed by atoms with Gasteiger partial charge in [0.15, 0.2) is 47.6 Å². The highest BCUT2D eigenvalue weighted by Crippen LogP contribution is 2.54.